The molecule has 0 spiro atoms. The van der Waals surface area contributed by atoms with Crippen molar-refractivity contribution in [3.8, 4) is 27.9 Å². The Morgan fingerprint density at radius 2 is 1.90 bits per heavy atom. The summed E-state index contributed by atoms with van der Waals surface area (Å²) in [6, 6.07) is 19.6. The van der Waals surface area contributed by atoms with Crippen LogP contribution in [0.15, 0.2) is 70.4 Å². The summed E-state index contributed by atoms with van der Waals surface area (Å²) < 4.78 is 0. The highest BCUT2D eigenvalue weighted by molar-refractivity contribution is 7.99. The number of thiazole rings is 1. The van der Waals surface area contributed by atoms with Crippen LogP contribution >= 0.6 is 34.4 Å². The highest BCUT2D eigenvalue weighted by atomic mass is 32.2. The van der Waals surface area contributed by atoms with E-state index in [4.69, 9.17) is 0 Å². The van der Waals surface area contributed by atoms with Gasteiger partial charge in [-0.25, -0.2) is 9.97 Å². The molecule has 0 aliphatic heterocycles. The molecule has 8 heteroatoms. The van der Waals surface area contributed by atoms with Gasteiger partial charge in [-0.1, -0.05) is 36.4 Å². The number of thiophene rings is 1. The third-order valence-electron chi connectivity index (χ3n) is 4.14. The Morgan fingerprint density at radius 3 is 2.67 bits per heavy atom. The topological polar surface area (TPSA) is 78.7 Å². The number of benzene rings is 1. The maximum absolute atomic E-state index is 12.3. The molecule has 0 saturated carbocycles. The van der Waals surface area contributed by atoms with Crippen LogP contribution in [0, 0.1) is 11.3 Å². The van der Waals surface area contributed by atoms with Crippen LogP contribution in [-0.4, -0.2) is 21.6 Å². The van der Waals surface area contributed by atoms with Crippen LogP contribution in [0.3, 0.4) is 0 Å². The zero-order chi connectivity index (χ0) is 20.8. The average molecular weight is 449 g/mol. The van der Waals surface area contributed by atoms with Gasteiger partial charge in [0.15, 0.2) is 5.13 Å². The molecule has 5 nitrogen and oxygen atoms in total. The molecule has 0 unspecified atom stereocenters. The summed E-state index contributed by atoms with van der Waals surface area (Å²) in [6.07, 6.45) is 0.306. The zero-order valence-electron chi connectivity index (χ0n) is 15.7. The van der Waals surface area contributed by atoms with Crippen molar-refractivity contribution < 1.29 is 4.79 Å². The van der Waals surface area contributed by atoms with Crippen LogP contribution in [-0.2, 0) is 4.79 Å². The van der Waals surface area contributed by atoms with Crippen molar-refractivity contribution in [1.82, 2.24) is 9.97 Å². The first kappa shape index (κ1) is 20.3. The fourth-order valence-electron chi connectivity index (χ4n) is 2.70. The Balaban J connectivity index is 1.36. The number of nitrogens with one attached hydrogen (secondary N) is 1. The van der Waals surface area contributed by atoms with Gasteiger partial charge in [0.1, 0.15) is 11.1 Å². The second-order valence-corrected chi connectivity index (χ2v) is 9.08. The van der Waals surface area contributed by atoms with E-state index >= 15 is 0 Å². The number of anilines is 1. The second-order valence-electron chi connectivity index (χ2n) is 6.19. The summed E-state index contributed by atoms with van der Waals surface area (Å²) in [5.41, 5.74) is 3.19. The highest BCUT2D eigenvalue weighted by Crippen LogP contribution is 2.29. The van der Waals surface area contributed by atoms with Crippen molar-refractivity contribution in [3.05, 3.63) is 70.9 Å². The normalized spacial score (nSPS) is 10.5. The Hall–Kier alpha value is -2.99. The molecule has 3 heterocycles. The average Bonchev–Trinajstić information content (AvgIpc) is 3.46. The first-order valence-corrected chi connectivity index (χ1v) is 11.9. The molecule has 1 aromatic carbocycles. The first-order valence-electron chi connectivity index (χ1n) is 9.11. The zero-order valence-corrected chi connectivity index (χ0v) is 18.2. The molecule has 3 aromatic heterocycles. The molecular weight excluding hydrogens is 432 g/mol. The van der Waals surface area contributed by atoms with Gasteiger partial charge in [0.05, 0.1) is 21.8 Å². The van der Waals surface area contributed by atoms with Gasteiger partial charge < -0.3 is 5.32 Å². The summed E-state index contributed by atoms with van der Waals surface area (Å²) >= 11 is 4.44. The Kier molecular flexibility index (Phi) is 6.54. The number of thioether (sulfide) groups is 1. The molecule has 148 valence electrons. The van der Waals surface area contributed by atoms with Crippen LogP contribution in [0.25, 0.3) is 21.8 Å². The van der Waals surface area contributed by atoms with Crippen LogP contribution in [0.4, 0.5) is 5.13 Å². The minimum absolute atomic E-state index is 0.104. The molecule has 0 bridgehead atoms. The van der Waals surface area contributed by atoms with Crippen LogP contribution in [0.1, 0.15) is 12.0 Å². The largest absolute Gasteiger partial charge is 0.302 e. The van der Waals surface area contributed by atoms with Gasteiger partial charge in [0, 0.05) is 23.1 Å². The molecule has 1 amide bonds. The van der Waals surface area contributed by atoms with Crippen LogP contribution in [0.5, 0.6) is 0 Å². The fourth-order valence-corrected chi connectivity index (χ4v) is 5.10. The summed E-state index contributed by atoms with van der Waals surface area (Å²) in [6.45, 7) is 0. The van der Waals surface area contributed by atoms with E-state index in [2.05, 4.69) is 21.4 Å². The monoisotopic (exact) mass is 448 g/mol. The van der Waals surface area contributed by atoms with E-state index in [9.17, 15) is 10.1 Å². The molecule has 0 aliphatic carbocycles. The predicted molar refractivity (Wildman–Crippen MR) is 124 cm³/mol. The van der Waals surface area contributed by atoms with Crippen molar-refractivity contribution in [2.75, 3.05) is 11.1 Å². The molecule has 1 N–H and O–H groups in total. The van der Waals surface area contributed by atoms with Crippen molar-refractivity contribution in [2.24, 2.45) is 0 Å². The molecule has 0 fully saturated rings. The van der Waals surface area contributed by atoms with Gasteiger partial charge in [-0.05, 0) is 23.6 Å². The lowest BCUT2D eigenvalue weighted by Gasteiger charge is -2.07. The molecule has 4 rings (SSSR count). The highest BCUT2D eigenvalue weighted by Gasteiger charge is 2.11. The number of pyridine rings is 1. The maximum atomic E-state index is 12.3. The van der Waals surface area contributed by atoms with E-state index in [0.29, 0.717) is 27.9 Å². The van der Waals surface area contributed by atoms with Gasteiger partial charge >= 0.3 is 0 Å². The number of nitrogens with zero attached hydrogens (tertiary/aromatic N) is 3. The summed E-state index contributed by atoms with van der Waals surface area (Å²) in [7, 11) is 0. The minimum Gasteiger partial charge on any atom is -0.302 e. The number of hydrogen-bond donors (Lipinski definition) is 1. The standard InChI is InChI=1S/C22H16N4OS3/c23-13-16-8-9-17(15-5-2-1-3-6-15)24-21(16)29-12-10-20(27)26-22-25-18(14-30-22)19-7-4-11-28-19/h1-9,11,14H,10,12H2,(H,25,26,27). The SMILES string of the molecule is N#Cc1ccc(-c2ccccc2)nc1SCCC(=O)Nc1nc(-c2cccs2)cs1. The number of nitriles is 1. The predicted octanol–water partition coefficient (Wildman–Crippen LogP) is 5.93. The second kappa shape index (κ2) is 9.67. The maximum Gasteiger partial charge on any atom is 0.226 e. The van der Waals surface area contributed by atoms with E-state index < -0.39 is 0 Å². The Labute approximate surface area is 186 Å². The third-order valence-corrected chi connectivity index (χ3v) is 6.79. The molecule has 4 aromatic rings. The summed E-state index contributed by atoms with van der Waals surface area (Å²) in [4.78, 5) is 22.5. The number of carbonyl (C=O) groups is 1. The van der Waals surface area contributed by atoms with Gasteiger partial charge in [-0.15, -0.1) is 34.4 Å². The van der Waals surface area contributed by atoms with Gasteiger partial charge in [0.2, 0.25) is 5.91 Å². The number of hydrogen-bond acceptors (Lipinski definition) is 7. The van der Waals surface area contributed by atoms with Crippen molar-refractivity contribution >= 4 is 45.5 Å². The molecule has 0 radical (unpaired) electrons. The molecular formula is C22H16N4OS3. The molecule has 0 aliphatic rings. The van der Waals surface area contributed by atoms with Gasteiger partial charge in [0.25, 0.3) is 0 Å². The molecule has 0 saturated heterocycles. The number of aromatic nitrogens is 2. The lowest BCUT2D eigenvalue weighted by Crippen LogP contribution is -2.12. The fraction of sp³-hybridized carbons (Fsp3) is 0.0909. The summed E-state index contributed by atoms with van der Waals surface area (Å²) in [5, 5.41) is 17.4. The van der Waals surface area contributed by atoms with Crippen molar-refractivity contribution in [1.29, 1.82) is 5.26 Å². The van der Waals surface area contributed by atoms with Crippen molar-refractivity contribution in [3.63, 3.8) is 0 Å². The number of carbonyl (C=O) groups excluding carboxylic acids is 1. The van der Waals surface area contributed by atoms with E-state index in [0.717, 1.165) is 21.8 Å². The Morgan fingerprint density at radius 1 is 1.03 bits per heavy atom. The smallest absolute Gasteiger partial charge is 0.226 e. The first-order chi connectivity index (χ1) is 14.7. The van der Waals surface area contributed by atoms with Crippen molar-refractivity contribution in [2.45, 2.75) is 11.4 Å². The minimum atomic E-state index is -0.104. The van der Waals surface area contributed by atoms with E-state index in [1.807, 2.05) is 59.3 Å². The Bertz CT molecular complexity index is 1180. The molecule has 0 atom stereocenters. The van der Waals surface area contributed by atoms with Crippen LogP contribution in [0.2, 0.25) is 0 Å². The van der Waals surface area contributed by atoms with Gasteiger partial charge in [-0.2, -0.15) is 5.26 Å². The van der Waals surface area contributed by atoms with Gasteiger partial charge in [-0.3, -0.25) is 4.79 Å². The summed E-state index contributed by atoms with van der Waals surface area (Å²) in [5.74, 6) is 0.418. The van der Waals surface area contributed by atoms with Crippen LogP contribution < -0.4 is 5.32 Å². The van der Waals surface area contributed by atoms with E-state index in [1.165, 1.54) is 23.1 Å². The third kappa shape index (κ3) is 4.94. The molecule has 30 heavy (non-hydrogen) atoms. The lowest BCUT2D eigenvalue weighted by molar-refractivity contribution is -0.115. The quantitative estimate of drug-likeness (QED) is 0.355. The lowest BCUT2D eigenvalue weighted by atomic mass is 10.1. The van der Waals surface area contributed by atoms with E-state index in [-0.39, 0.29) is 5.91 Å². The number of rotatable bonds is 7. The van der Waals surface area contributed by atoms with E-state index in [1.54, 1.807) is 17.4 Å². The number of amides is 1.